The molecular formula is C31H35ClN5O+. The number of aryl methyl sites for hydroxylation is 1. The van der Waals surface area contributed by atoms with Crippen molar-refractivity contribution in [2.24, 2.45) is 0 Å². The topological polar surface area (TPSA) is 87.9 Å². The normalized spacial score (nSPS) is 16.3. The van der Waals surface area contributed by atoms with Gasteiger partial charge in [0, 0.05) is 49.0 Å². The number of likely N-dealkylation sites (tertiary alicyclic amines) is 1. The predicted molar refractivity (Wildman–Crippen MR) is 144 cm³/mol. The van der Waals surface area contributed by atoms with Crippen molar-refractivity contribution in [3.8, 4) is 22.4 Å². The summed E-state index contributed by atoms with van der Waals surface area (Å²) in [5.74, 6) is 1.23. The highest BCUT2D eigenvalue weighted by molar-refractivity contribution is 5.89. The predicted octanol–water partition coefficient (Wildman–Crippen LogP) is 1.35. The van der Waals surface area contributed by atoms with Gasteiger partial charge in [0.05, 0.1) is 17.5 Å². The number of unbranched alkanes of at least 4 members (excludes halogenated alkanes) is 1. The lowest BCUT2D eigenvalue weighted by atomic mass is 9.72. The van der Waals surface area contributed by atoms with Gasteiger partial charge in [-0.15, -0.1) is 0 Å². The summed E-state index contributed by atoms with van der Waals surface area (Å²) in [6.45, 7) is 1.76. The number of benzene rings is 2. The molecule has 0 bridgehead atoms. The van der Waals surface area contributed by atoms with Gasteiger partial charge in [-0.25, -0.2) is 9.97 Å². The van der Waals surface area contributed by atoms with Gasteiger partial charge in [-0.1, -0.05) is 54.6 Å². The molecule has 6 rings (SSSR count). The summed E-state index contributed by atoms with van der Waals surface area (Å²) in [4.78, 5) is 27.2. The first-order valence-corrected chi connectivity index (χ1v) is 13.6. The van der Waals surface area contributed by atoms with Crippen LogP contribution in [0.4, 0.5) is 0 Å². The lowest BCUT2D eigenvalue weighted by molar-refractivity contribution is -0.509. The highest BCUT2D eigenvalue weighted by atomic mass is 35.5. The number of carbonyl (C=O) groups excluding carboxylic acids is 1. The number of aromatic nitrogens is 3. The van der Waals surface area contributed by atoms with Crippen molar-refractivity contribution in [3.63, 3.8) is 0 Å². The quantitative estimate of drug-likeness (QED) is 0.350. The Bertz CT molecular complexity index is 1420. The van der Waals surface area contributed by atoms with Crippen molar-refractivity contribution in [2.75, 3.05) is 13.1 Å². The zero-order valence-electron chi connectivity index (χ0n) is 21.8. The first kappa shape index (κ1) is 26.3. The average Bonchev–Trinajstić information content (AvgIpc) is 3.34. The van der Waals surface area contributed by atoms with Crippen LogP contribution >= 0.6 is 0 Å². The molecule has 1 saturated heterocycles. The largest absolute Gasteiger partial charge is 1.00 e. The molecular weight excluding hydrogens is 494 g/mol. The number of pyridine rings is 1. The fourth-order valence-electron chi connectivity index (χ4n) is 5.63. The summed E-state index contributed by atoms with van der Waals surface area (Å²) < 4.78 is 0. The first-order chi connectivity index (χ1) is 18.1. The van der Waals surface area contributed by atoms with Crippen LogP contribution < -0.4 is 23.1 Å². The van der Waals surface area contributed by atoms with E-state index in [2.05, 4.69) is 65.3 Å². The van der Waals surface area contributed by atoms with Crippen molar-refractivity contribution in [2.45, 2.75) is 56.9 Å². The number of rotatable bonds is 8. The van der Waals surface area contributed by atoms with Gasteiger partial charge in [0.1, 0.15) is 11.7 Å². The molecule has 0 spiro atoms. The van der Waals surface area contributed by atoms with Gasteiger partial charge in [-0.05, 0) is 42.3 Å². The van der Waals surface area contributed by atoms with E-state index in [-0.39, 0.29) is 17.9 Å². The highest BCUT2D eigenvalue weighted by Crippen LogP contribution is 2.38. The van der Waals surface area contributed by atoms with Crippen molar-refractivity contribution in [1.82, 2.24) is 14.9 Å². The molecule has 4 aromatic rings. The van der Waals surface area contributed by atoms with Gasteiger partial charge in [0.15, 0.2) is 0 Å². The second-order valence-corrected chi connectivity index (χ2v) is 10.7. The third kappa shape index (κ3) is 5.29. The number of nitrogens with zero attached hydrogens (tertiary/aromatic N) is 3. The van der Waals surface area contributed by atoms with Crippen molar-refractivity contribution >= 4 is 16.9 Å². The molecule has 1 amide bonds. The van der Waals surface area contributed by atoms with Crippen LogP contribution in [0.1, 0.15) is 56.3 Å². The number of fused-ring (bicyclic) bond motifs is 1. The number of nitrogens with one attached hydrogen (secondary N) is 1. The Kier molecular flexibility index (Phi) is 7.73. The lowest BCUT2D eigenvalue weighted by Crippen LogP contribution is -3.00. The molecule has 0 radical (unpaired) electrons. The number of quaternary nitrogens is 1. The van der Waals surface area contributed by atoms with E-state index in [0.29, 0.717) is 12.3 Å². The number of H-pyrrole nitrogens is 1. The first-order valence-electron chi connectivity index (χ1n) is 13.6. The van der Waals surface area contributed by atoms with E-state index in [0.717, 1.165) is 90.9 Å². The zero-order valence-corrected chi connectivity index (χ0v) is 22.5. The Labute approximate surface area is 230 Å². The van der Waals surface area contributed by atoms with Gasteiger partial charge >= 0.3 is 0 Å². The summed E-state index contributed by atoms with van der Waals surface area (Å²) in [5, 5.41) is 0.997. The Morgan fingerprint density at radius 1 is 0.947 bits per heavy atom. The minimum Gasteiger partial charge on any atom is -1.00 e. The standard InChI is InChI=1S/C31H33N5O.ClH/c32-31(16-7-17-31)25-14-12-23(13-15-25)29-26(22-8-2-1-3-9-22)20-24-21-33-27(34-30(24)35-29)10-4-5-18-36-19-6-11-28(36)37;/h1-3,8-9,12-15,20-21H,4-7,10-11,16-19,32H2;1H/p+1. The van der Waals surface area contributed by atoms with Crippen LogP contribution in [-0.2, 0) is 16.8 Å². The fourth-order valence-corrected chi connectivity index (χ4v) is 5.63. The SMILES string of the molecule is [Cl-].[NH3+]C1(c2ccc(-c3nc4nc(CCCCN5CCCC5=O)[nH+]cc4cc3-c3ccccc3)cc2)CCC1. The van der Waals surface area contributed by atoms with Gasteiger partial charge in [0.25, 0.3) is 11.5 Å². The summed E-state index contributed by atoms with van der Waals surface area (Å²) in [5.41, 5.74) is 10.9. The number of hydrogen-bond acceptors (Lipinski definition) is 3. The van der Waals surface area contributed by atoms with Gasteiger partial charge in [0.2, 0.25) is 5.91 Å². The second-order valence-electron chi connectivity index (χ2n) is 10.7. The maximum absolute atomic E-state index is 11.8. The zero-order chi connectivity index (χ0) is 25.2. The molecule has 2 aliphatic rings. The summed E-state index contributed by atoms with van der Waals surface area (Å²) in [6.07, 6.45) is 10.1. The molecule has 1 aliphatic carbocycles. The van der Waals surface area contributed by atoms with Crippen molar-refractivity contribution < 1.29 is 27.9 Å². The number of amides is 1. The van der Waals surface area contributed by atoms with Crippen LogP contribution in [-0.4, -0.2) is 33.9 Å². The minimum atomic E-state index is 0. The third-order valence-corrected chi connectivity index (χ3v) is 8.10. The number of aromatic amines is 1. The monoisotopic (exact) mass is 528 g/mol. The van der Waals surface area contributed by atoms with E-state index in [4.69, 9.17) is 9.97 Å². The molecule has 4 N–H and O–H groups in total. The minimum absolute atomic E-state index is 0. The molecule has 1 saturated carbocycles. The molecule has 2 fully saturated rings. The van der Waals surface area contributed by atoms with Crippen LogP contribution in [0.3, 0.4) is 0 Å². The molecule has 0 atom stereocenters. The highest BCUT2D eigenvalue weighted by Gasteiger charge is 2.38. The molecule has 7 heteroatoms. The Balaban J connectivity index is 0.00000294. The smallest absolute Gasteiger partial charge is 0.298 e. The summed E-state index contributed by atoms with van der Waals surface area (Å²) in [6, 6.07) is 21.5. The Morgan fingerprint density at radius 3 is 2.42 bits per heavy atom. The maximum Gasteiger partial charge on any atom is 0.298 e. The van der Waals surface area contributed by atoms with Crippen molar-refractivity contribution in [1.29, 1.82) is 0 Å². The van der Waals surface area contributed by atoms with E-state index >= 15 is 0 Å². The van der Waals surface area contributed by atoms with Gasteiger partial charge in [-0.3, -0.25) is 4.79 Å². The van der Waals surface area contributed by atoms with E-state index in [9.17, 15) is 4.79 Å². The third-order valence-electron chi connectivity index (χ3n) is 8.10. The Hall–Kier alpha value is -3.35. The van der Waals surface area contributed by atoms with Gasteiger partial charge in [-0.2, -0.15) is 0 Å². The molecule has 1 aliphatic heterocycles. The molecule has 0 unspecified atom stereocenters. The summed E-state index contributed by atoms with van der Waals surface area (Å²) in [7, 11) is 0. The maximum atomic E-state index is 11.8. The number of hydrogen-bond donors (Lipinski definition) is 1. The van der Waals surface area contributed by atoms with Crippen LogP contribution in [0.2, 0.25) is 0 Å². The summed E-state index contributed by atoms with van der Waals surface area (Å²) >= 11 is 0. The molecule has 3 heterocycles. The van der Waals surface area contributed by atoms with E-state index in [1.807, 2.05) is 17.2 Å². The van der Waals surface area contributed by atoms with Gasteiger partial charge < -0.3 is 23.0 Å². The fraction of sp³-hybridized carbons (Fsp3) is 0.355. The molecule has 2 aromatic heterocycles. The average molecular weight is 529 g/mol. The van der Waals surface area contributed by atoms with E-state index in [1.54, 1.807) is 0 Å². The van der Waals surface area contributed by atoms with E-state index in [1.165, 1.54) is 12.0 Å². The van der Waals surface area contributed by atoms with Crippen LogP contribution in [0.15, 0.2) is 66.9 Å². The number of carbonyl (C=O) groups is 1. The lowest BCUT2D eigenvalue weighted by Gasteiger charge is -2.34. The molecule has 2 aromatic carbocycles. The Morgan fingerprint density at radius 2 is 1.74 bits per heavy atom. The second kappa shape index (κ2) is 11.2. The molecule has 6 nitrogen and oxygen atoms in total. The van der Waals surface area contributed by atoms with Crippen LogP contribution in [0.25, 0.3) is 33.4 Å². The van der Waals surface area contributed by atoms with E-state index < -0.39 is 0 Å². The van der Waals surface area contributed by atoms with Crippen LogP contribution in [0.5, 0.6) is 0 Å². The number of halogens is 1. The molecule has 38 heavy (non-hydrogen) atoms. The van der Waals surface area contributed by atoms with Crippen molar-refractivity contribution in [3.05, 3.63) is 78.2 Å². The van der Waals surface area contributed by atoms with Crippen LogP contribution in [0, 0.1) is 0 Å². The molecule has 196 valence electrons.